The van der Waals surface area contributed by atoms with Gasteiger partial charge in [-0.05, 0) is 55.8 Å². The third-order valence-electron chi connectivity index (χ3n) is 4.00. The quantitative estimate of drug-likeness (QED) is 0.482. The third-order valence-corrected chi connectivity index (χ3v) is 4.00. The molecule has 0 aliphatic carbocycles. The molecule has 4 rings (SSSR count). The number of fused-ring (bicyclic) bond motifs is 5. The van der Waals surface area contributed by atoms with Gasteiger partial charge < -0.3 is 0 Å². The van der Waals surface area contributed by atoms with Crippen LogP contribution in [0.25, 0.3) is 27.3 Å². The lowest BCUT2D eigenvalue weighted by atomic mass is 10.1. The minimum Gasteiger partial charge on any atom is -0.232 e. The molecule has 0 fully saturated rings. The van der Waals surface area contributed by atoms with Gasteiger partial charge in [0, 0.05) is 10.8 Å². The van der Waals surface area contributed by atoms with E-state index in [1.807, 2.05) is 22.7 Å². The van der Waals surface area contributed by atoms with Crippen molar-refractivity contribution >= 4 is 27.3 Å². The summed E-state index contributed by atoms with van der Waals surface area (Å²) in [6.07, 6.45) is 0. The fourth-order valence-corrected chi connectivity index (χ4v) is 2.93. The van der Waals surface area contributed by atoms with Gasteiger partial charge in [-0.2, -0.15) is 10.4 Å². The number of aromatic nitrogens is 2. The van der Waals surface area contributed by atoms with Gasteiger partial charge in [0.15, 0.2) is 0 Å². The van der Waals surface area contributed by atoms with Crippen LogP contribution in [0.4, 0.5) is 0 Å². The van der Waals surface area contributed by atoms with E-state index in [1.165, 1.54) is 16.5 Å². The van der Waals surface area contributed by atoms with Gasteiger partial charge in [-0.15, -0.1) is 0 Å². The van der Waals surface area contributed by atoms with Gasteiger partial charge in [-0.1, -0.05) is 11.6 Å². The van der Waals surface area contributed by atoms with Crippen LogP contribution in [0.2, 0.25) is 0 Å². The Kier molecular flexibility index (Phi) is 2.31. The van der Waals surface area contributed by atoms with Crippen LogP contribution < -0.4 is 0 Å². The van der Waals surface area contributed by atoms with Gasteiger partial charge in [-0.3, -0.25) is 0 Å². The Morgan fingerprint density at radius 3 is 2.62 bits per heavy atom. The Morgan fingerprint density at radius 2 is 1.81 bits per heavy atom. The molecule has 4 aromatic rings. The molecule has 100 valence electrons. The normalized spacial score (nSPS) is 11.3. The first-order valence-corrected chi connectivity index (χ1v) is 6.90. The van der Waals surface area contributed by atoms with Crippen molar-refractivity contribution in [2.45, 2.75) is 13.8 Å². The zero-order valence-corrected chi connectivity index (χ0v) is 11.9. The van der Waals surface area contributed by atoms with Crippen molar-refractivity contribution in [2.24, 2.45) is 0 Å². The maximum atomic E-state index is 9.09. The Labute approximate surface area is 122 Å². The van der Waals surface area contributed by atoms with Crippen LogP contribution in [-0.4, -0.2) is 9.61 Å². The minimum absolute atomic E-state index is 0.666. The summed E-state index contributed by atoms with van der Waals surface area (Å²) in [6, 6.07) is 16.4. The summed E-state index contributed by atoms with van der Waals surface area (Å²) < 4.78 is 1.98. The van der Waals surface area contributed by atoms with Gasteiger partial charge in [0.25, 0.3) is 0 Å². The second-order valence-electron chi connectivity index (χ2n) is 5.49. The molecular formula is C18H13N3. The smallest absolute Gasteiger partial charge is 0.0991 e. The van der Waals surface area contributed by atoms with Crippen LogP contribution in [0.1, 0.15) is 16.7 Å². The first kappa shape index (κ1) is 11.9. The summed E-state index contributed by atoms with van der Waals surface area (Å²) in [5.74, 6) is 0. The lowest BCUT2D eigenvalue weighted by Crippen LogP contribution is -1.92. The molecule has 2 aromatic heterocycles. The average molecular weight is 271 g/mol. The topological polar surface area (TPSA) is 41.1 Å². The summed E-state index contributed by atoms with van der Waals surface area (Å²) in [4.78, 5) is 0. The third kappa shape index (κ3) is 1.63. The van der Waals surface area contributed by atoms with E-state index in [0.717, 1.165) is 21.9 Å². The number of pyridine rings is 1. The van der Waals surface area contributed by atoms with Crippen LogP contribution in [-0.2, 0) is 0 Å². The number of hydrogen-bond acceptors (Lipinski definition) is 2. The molecule has 2 heterocycles. The molecule has 0 saturated heterocycles. The zero-order valence-electron chi connectivity index (χ0n) is 11.9. The van der Waals surface area contributed by atoms with E-state index in [0.29, 0.717) is 5.56 Å². The summed E-state index contributed by atoms with van der Waals surface area (Å²) in [5, 5.41) is 16.0. The molecule has 0 aliphatic heterocycles. The second kappa shape index (κ2) is 4.07. The largest absolute Gasteiger partial charge is 0.232 e. The Morgan fingerprint density at radius 1 is 0.952 bits per heavy atom. The van der Waals surface area contributed by atoms with Crippen LogP contribution in [0.15, 0.2) is 42.5 Å². The number of nitrogens with zero attached hydrogens (tertiary/aromatic N) is 3. The molecule has 3 heteroatoms. The van der Waals surface area contributed by atoms with Gasteiger partial charge in [0.1, 0.15) is 0 Å². The van der Waals surface area contributed by atoms with Crippen molar-refractivity contribution < 1.29 is 0 Å². The molecule has 0 saturated carbocycles. The van der Waals surface area contributed by atoms with Crippen LogP contribution >= 0.6 is 0 Å². The molecule has 0 aliphatic rings. The highest BCUT2D eigenvalue weighted by molar-refractivity contribution is 5.99. The fraction of sp³-hybridized carbons (Fsp3) is 0.111. The van der Waals surface area contributed by atoms with E-state index < -0.39 is 0 Å². The Balaban J connectivity index is 2.25. The number of benzene rings is 2. The highest BCUT2D eigenvalue weighted by Crippen LogP contribution is 2.28. The highest BCUT2D eigenvalue weighted by Gasteiger charge is 2.10. The van der Waals surface area contributed by atoms with Crippen molar-refractivity contribution in [3.63, 3.8) is 0 Å². The van der Waals surface area contributed by atoms with E-state index >= 15 is 0 Å². The van der Waals surface area contributed by atoms with E-state index in [9.17, 15) is 0 Å². The van der Waals surface area contributed by atoms with Crippen molar-refractivity contribution in [1.29, 1.82) is 5.26 Å². The molecule has 0 unspecified atom stereocenters. The first-order chi connectivity index (χ1) is 10.2. The SMILES string of the molecule is Cc1ccc2c(c1)c(C)cc1c3cc(C#N)ccc3nn21. The molecule has 0 spiro atoms. The lowest BCUT2D eigenvalue weighted by molar-refractivity contribution is 1.02. The van der Waals surface area contributed by atoms with Gasteiger partial charge in [-0.25, -0.2) is 4.52 Å². The number of hydrogen-bond donors (Lipinski definition) is 0. The standard InChI is InChI=1S/C18H13N3/c1-11-3-6-17-14(7-11)12(2)8-18-15-9-13(10-19)4-5-16(15)20-21(17)18/h3-9H,1-2H3. The monoisotopic (exact) mass is 271 g/mol. The van der Waals surface area contributed by atoms with Crippen molar-refractivity contribution in [1.82, 2.24) is 9.61 Å². The Hall–Kier alpha value is -2.86. The van der Waals surface area contributed by atoms with Gasteiger partial charge in [0.2, 0.25) is 0 Å². The summed E-state index contributed by atoms with van der Waals surface area (Å²) in [6.45, 7) is 4.22. The first-order valence-electron chi connectivity index (χ1n) is 6.90. The van der Waals surface area contributed by atoms with Crippen molar-refractivity contribution in [3.05, 3.63) is 59.2 Å². The molecule has 0 amide bonds. The highest BCUT2D eigenvalue weighted by atomic mass is 15.2. The fourth-order valence-electron chi connectivity index (χ4n) is 2.93. The van der Waals surface area contributed by atoms with Gasteiger partial charge in [0.05, 0.1) is 28.2 Å². The van der Waals surface area contributed by atoms with Crippen LogP contribution in [0.5, 0.6) is 0 Å². The molecule has 0 N–H and O–H groups in total. The van der Waals surface area contributed by atoms with Gasteiger partial charge >= 0.3 is 0 Å². The molecule has 2 aromatic carbocycles. The van der Waals surface area contributed by atoms with Crippen molar-refractivity contribution in [2.75, 3.05) is 0 Å². The van der Waals surface area contributed by atoms with Crippen LogP contribution in [0, 0.1) is 25.2 Å². The average Bonchev–Trinajstić information content (AvgIpc) is 2.85. The maximum absolute atomic E-state index is 9.09. The number of aryl methyl sites for hydroxylation is 2. The molecule has 0 atom stereocenters. The number of rotatable bonds is 0. The maximum Gasteiger partial charge on any atom is 0.0991 e. The second-order valence-corrected chi connectivity index (χ2v) is 5.49. The minimum atomic E-state index is 0.666. The zero-order chi connectivity index (χ0) is 14.6. The lowest BCUT2D eigenvalue weighted by Gasteiger charge is -2.06. The molecule has 3 nitrogen and oxygen atoms in total. The molecule has 0 bridgehead atoms. The molecule has 21 heavy (non-hydrogen) atoms. The summed E-state index contributed by atoms with van der Waals surface area (Å²) >= 11 is 0. The summed E-state index contributed by atoms with van der Waals surface area (Å²) in [7, 11) is 0. The Bertz CT molecular complexity index is 1060. The predicted octanol–water partition coefficient (Wildman–Crippen LogP) is 4.13. The van der Waals surface area contributed by atoms with Crippen molar-refractivity contribution in [3.8, 4) is 6.07 Å². The van der Waals surface area contributed by atoms with Crippen LogP contribution in [0.3, 0.4) is 0 Å². The van der Waals surface area contributed by atoms with E-state index in [4.69, 9.17) is 10.4 Å². The van der Waals surface area contributed by atoms with E-state index in [1.54, 1.807) is 0 Å². The van der Waals surface area contributed by atoms with E-state index in [2.05, 4.69) is 44.2 Å². The summed E-state index contributed by atoms with van der Waals surface area (Å²) in [5.41, 5.74) is 6.21. The number of nitriles is 1. The predicted molar refractivity (Wildman–Crippen MR) is 84.4 cm³/mol. The molecule has 0 radical (unpaired) electrons. The molecular weight excluding hydrogens is 258 g/mol. The van der Waals surface area contributed by atoms with E-state index in [-0.39, 0.29) is 0 Å².